The molecule has 1 N–H and O–H groups in total. The van der Waals surface area contributed by atoms with Crippen LogP contribution in [0.15, 0.2) is 75.9 Å². The number of para-hydroxylation sites is 2. The zero-order valence-corrected chi connectivity index (χ0v) is 16.8. The SMILES string of the molecule is Cc1cc(C)c2oc(-c3ccc(C(=O)Nc4ccccc4[N+](=O)[O-])cc3)cc(=O)c2c1. The predicted octanol–water partition coefficient (Wildman–Crippen LogP) is 5.24. The van der Waals surface area contributed by atoms with Crippen molar-refractivity contribution >= 4 is 28.3 Å². The largest absolute Gasteiger partial charge is 0.456 e. The smallest absolute Gasteiger partial charge is 0.292 e. The Bertz CT molecular complexity index is 1390. The summed E-state index contributed by atoms with van der Waals surface area (Å²) in [6.45, 7) is 3.81. The molecule has 0 spiro atoms. The number of benzene rings is 3. The van der Waals surface area contributed by atoms with Gasteiger partial charge in [0.15, 0.2) is 5.43 Å². The Kier molecular flexibility index (Phi) is 5.09. The molecule has 3 aromatic carbocycles. The van der Waals surface area contributed by atoms with Gasteiger partial charge < -0.3 is 9.73 Å². The molecule has 1 amide bonds. The van der Waals surface area contributed by atoms with E-state index in [9.17, 15) is 19.7 Å². The van der Waals surface area contributed by atoms with E-state index in [1.54, 1.807) is 36.4 Å². The number of amides is 1. The summed E-state index contributed by atoms with van der Waals surface area (Å²) in [5.74, 6) is -0.0813. The van der Waals surface area contributed by atoms with E-state index in [1.165, 1.54) is 24.3 Å². The molecule has 0 bridgehead atoms. The Labute approximate surface area is 177 Å². The second kappa shape index (κ2) is 7.87. The number of carbonyl (C=O) groups is 1. The second-order valence-electron chi connectivity index (χ2n) is 7.24. The first-order valence-corrected chi connectivity index (χ1v) is 9.54. The van der Waals surface area contributed by atoms with Crippen molar-refractivity contribution in [3.05, 3.63) is 104 Å². The number of carbonyl (C=O) groups excluding carboxylic acids is 1. The maximum atomic E-state index is 12.6. The molecule has 0 aliphatic rings. The summed E-state index contributed by atoms with van der Waals surface area (Å²) in [7, 11) is 0. The molecular formula is C24H18N2O5. The molecule has 154 valence electrons. The summed E-state index contributed by atoms with van der Waals surface area (Å²) in [6, 6.07) is 17.6. The van der Waals surface area contributed by atoms with Gasteiger partial charge in [-0.25, -0.2) is 0 Å². The van der Waals surface area contributed by atoms with E-state index in [0.29, 0.717) is 27.9 Å². The van der Waals surface area contributed by atoms with Gasteiger partial charge in [-0.3, -0.25) is 19.7 Å². The van der Waals surface area contributed by atoms with Crippen LogP contribution in [0.2, 0.25) is 0 Å². The number of fused-ring (bicyclic) bond motifs is 1. The first-order chi connectivity index (χ1) is 14.8. The Hall–Kier alpha value is -4.26. The highest BCUT2D eigenvalue weighted by Crippen LogP contribution is 2.27. The summed E-state index contributed by atoms with van der Waals surface area (Å²) in [5.41, 5.74) is 3.14. The molecule has 31 heavy (non-hydrogen) atoms. The van der Waals surface area contributed by atoms with Gasteiger partial charge in [-0.1, -0.05) is 30.3 Å². The van der Waals surface area contributed by atoms with Gasteiger partial charge in [-0.2, -0.15) is 0 Å². The van der Waals surface area contributed by atoms with Crippen LogP contribution in [0.25, 0.3) is 22.3 Å². The number of aryl methyl sites for hydroxylation is 2. The van der Waals surface area contributed by atoms with Crippen LogP contribution in [0, 0.1) is 24.0 Å². The number of hydrogen-bond acceptors (Lipinski definition) is 5. The first kappa shape index (κ1) is 20.0. The Morgan fingerprint density at radius 3 is 2.42 bits per heavy atom. The monoisotopic (exact) mass is 414 g/mol. The maximum Gasteiger partial charge on any atom is 0.292 e. The van der Waals surface area contributed by atoms with Gasteiger partial charge in [-0.15, -0.1) is 0 Å². The minimum absolute atomic E-state index is 0.118. The van der Waals surface area contributed by atoms with Crippen molar-refractivity contribution in [2.45, 2.75) is 13.8 Å². The fraction of sp³-hybridized carbons (Fsp3) is 0.0833. The van der Waals surface area contributed by atoms with E-state index in [0.717, 1.165) is 11.1 Å². The van der Waals surface area contributed by atoms with Crippen molar-refractivity contribution < 1.29 is 14.1 Å². The van der Waals surface area contributed by atoms with Crippen molar-refractivity contribution in [1.82, 2.24) is 0 Å². The van der Waals surface area contributed by atoms with Crippen LogP contribution in [0.5, 0.6) is 0 Å². The van der Waals surface area contributed by atoms with Crippen LogP contribution in [0.1, 0.15) is 21.5 Å². The van der Waals surface area contributed by atoms with Gasteiger partial charge in [-0.05, 0) is 49.2 Å². The molecule has 4 rings (SSSR count). The highest BCUT2D eigenvalue weighted by Gasteiger charge is 2.16. The fourth-order valence-electron chi connectivity index (χ4n) is 3.47. The topological polar surface area (TPSA) is 102 Å². The summed E-state index contributed by atoms with van der Waals surface area (Å²) in [4.78, 5) is 35.7. The summed E-state index contributed by atoms with van der Waals surface area (Å²) in [6.07, 6.45) is 0. The molecule has 7 nitrogen and oxygen atoms in total. The minimum atomic E-state index is -0.552. The van der Waals surface area contributed by atoms with Crippen molar-refractivity contribution in [1.29, 1.82) is 0 Å². The Morgan fingerprint density at radius 2 is 1.71 bits per heavy atom. The van der Waals surface area contributed by atoms with Gasteiger partial charge in [0.2, 0.25) is 0 Å². The normalized spacial score (nSPS) is 10.8. The highest BCUT2D eigenvalue weighted by molar-refractivity contribution is 6.05. The number of nitrogens with one attached hydrogen (secondary N) is 1. The average Bonchev–Trinajstić information content (AvgIpc) is 2.74. The molecule has 0 fully saturated rings. The molecule has 4 aromatic rings. The number of nitrogens with zero attached hydrogens (tertiary/aromatic N) is 1. The minimum Gasteiger partial charge on any atom is -0.456 e. The van der Waals surface area contributed by atoms with Crippen molar-refractivity contribution in [3.8, 4) is 11.3 Å². The van der Waals surface area contributed by atoms with Crippen LogP contribution in [0.3, 0.4) is 0 Å². The molecule has 0 unspecified atom stereocenters. The van der Waals surface area contributed by atoms with Crippen molar-refractivity contribution in [2.75, 3.05) is 5.32 Å². The van der Waals surface area contributed by atoms with Crippen molar-refractivity contribution in [3.63, 3.8) is 0 Å². The third-order valence-corrected chi connectivity index (χ3v) is 4.94. The predicted molar refractivity (Wildman–Crippen MR) is 118 cm³/mol. The summed E-state index contributed by atoms with van der Waals surface area (Å²) < 4.78 is 5.98. The molecule has 1 aromatic heterocycles. The summed E-state index contributed by atoms with van der Waals surface area (Å²) >= 11 is 0. The van der Waals surface area contributed by atoms with Gasteiger partial charge >= 0.3 is 0 Å². The lowest BCUT2D eigenvalue weighted by Gasteiger charge is -2.08. The Morgan fingerprint density at radius 1 is 1.00 bits per heavy atom. The third kappa shape index (κ3) is 3.93. The number of rotatable bonds is 4. The van der Waals surface area contributed by atoms with Crippen LogP contribution in [0.4, 0.5) is 11.4 Å². The molecule has 7 heteroatoms. The molecule has 0 saturated heterocycles. The first-order valence-electron chi connectivity index (χ1n) is 9.54. The van der Waals surface area contributed by atoms with Crippen LogP contribution >= 0.6 is 0 Å². The average molecular weight is 414 g/mol. The molecule has 1 heterocycles. The van der Waals surface area contributed by atoms with E-state index in [-0.39, 0.29) is 16.8 Å². The van der Waals surface area contributed by atoms with E-state index >= 15 is 0 Å². The molecule has 0 aliphatic heterocycles. The van der Waals surface area contributed by atoms with E-state index < -0.39 is 10.8 Å². The molecule has 0 aliphatic carbocycles. The number of nitro benzene ring substituents is 1. The van der Waals surface area contributed by atoms with Crippen LogP contribution < -0.4 is 10.7 Å². The van der Waals surface area contributed by atoms with Gasteiger partial charge in [0.1, 0.15) is 17.0 Å². The van der Waals surface area contributed by atoms with E-state index in [2.05, 4.69) is 5.32 Å². The standard InChI is InChI=1S/C24H18N2O5/c1-14-11-15(2)23-18(12-14)21(27)13-22(31-23)16-7-9-17(10-8-16)24(28)25-19-5-3-4-6-20(19)26(29)30/h3-13H,1-2H3,(H,25,28). The van der Waals surface area contributed by atoms with Gasteiger partial charge in [0.05, 0.1) is 10.3 Å². The molecule has 0 saturated carbocycles. The zero-order valence-electron chi connectivity index (χ0n) is 16.8. The maximum absolute atomic E-state index is 12.6. The lowest BCUT2D eigenvalue weighted by Crippen LogP contribution is -2.13. The second-order valence-corrected chi connectivity index (χ2v) is 7.24. The summed E-state index contributed by atoms with van der Waals surface area (Å²) in [5, 5.41) is 14.2. The van der Waals surface area contributed by atoms with Crippen molar-refractivity contribution in [2.24, 2.45) is 0 Å². The molecular weight excluding hydrogens is 396 g/mol. The highest BCUT2D eigenvalue weighted by atomic mass is 16.6. The molecule has 0 atom stereocenters. The van der Waals surface area contributed by atoms with E-state index in [1.807, 2.05) is 19.9 Å². The third-order valence-electron chi connectivity index (χ3n) is 4.94. The van der Waals surface area contributed by atoms with Gasteiger partial charge in [0, 0.05) is 23.3 Å². The number of anilines is 1. The van der Waals surface area contributed by atoms with E-state index in [4.69, 9.17) is 4.42 Å². The number of hydrogen-bond donors (Lipinski definition) is 1. The fourth-order valence-corrected chi connectivity index (χ4v) is 3.47. The van der Waals surface area contributed by atoms with Crippen LogP contribution in [-0.4, -0.2) is 10.8 Å². The lowest BCUT2D eigenvalue weighted by molar-refractivity contribution is -0.383. The molecule has 0 radical (unpaired) electrons. The zero-order chi connectivity index (χ0) is 22.1. The Balaban J connectivity index is 1.64. The quantitative estimate of drug-likeness (QED) is 0.363. The van der Waals surface area contributed by atoms with Gasteiger partial charge in [0.25, 0.3) is 11.6 Å². The number of nitro groups is 1. The lowest BCUT2D eigenvalue weighted by atomic mass is 10.1. The van der Waals surface area contributed by atoms with Crippen LogP contribution in [-0.2, 0) is 0 Å².